The number of carboxylic acid groups (broad SMARTS) is 1. The van der Waals surface area contributed by atoms with Crippen LogP contribution in [0, 0.1) is 0 Å². The van der Waals surface area contributed by atoms with E-state index in [2.05, 4.69) is 17.4 Å². The fraction of sp³-hybridized carbons (Fsp3) is 0.348. The molecule has 2 aromatic rings. The average Bonchev–Trinajstić information content (AvgIpc) is 3.07. The molecule has 1 aliphatic rings. The molecule has 0 aliphatic heterocycles. The summed E-state index contributed by atoms with van der Waals surface area (Å²) in [5, 5.41) is 11.5. The molecule has 2 aromatic carbocycles. The molecule has 2 amide bonds. The number of hydrogen-bond donors (Lipinski definition) is 2. The summed E-state index contributed by atoms with van der Waals surface area (Å²) in [6.45, 7) is 3.44. The van der Waals surface area contributed by atoms with Crippen LogP contribution in [0.3, 0.4) is 0 Å². The molecular formula is C23H26N2O5. The second-order valence-electron chi connectivity index (χ2n) is 7.18. The molecule has 0 heterocycles. The number of carboxylic acids is 1. The molecule has 30 heavy (non-hydrogen) atoms. The molecule has 0 bridgehead atoms. The summed E-state index contributed by atoms with van der Waals surface area (Å²) in [6.07, 6.45) is -0.359. The summed E-state index contributed by atoms with van der Waals surface area (Å²) in [6, 6.07) is 15.2. The molecule has 0 spiro atoms. The Bertz CT molecular complexity index is 897. The second kappa shape index (κ2) is 9.43. The van der Waals surface area contributed by atoms with Crippen molar-refractivity contribution in [1.82, 2.24) is 10.2 Å². The number of alkyl carbamates (subject to hydrolysis) is 1. The number of carbonyl (C=O) groups excluding carboxylic acids is 2. The Morgan fingerprint density at radius 2 is 1.60 bits per heavy atom. The van der Waals surface area contributed by atoms with Crippen molar-refractivity contribution in [2.45, 2.75) is 32.2 Å². The van der Waals surface area contributed by atoms with Crippen LogP contribution in [0.15, 0.2) is 48.5 Å². The van der Waals surface area contributed by atoms with Crippen LogP contribution >= 0.6 is 0 Å². The highest BCUT2D eigenvalue weighted by atomic mass is 16.5. The van der Waals surface area contributed by atoms with Gasteiger partial charge in [-0.05, 0) is 35.6 Å². The molecule has 7 nitrogen and oxygen atoms in total. The van der Waals surface area contributed by atoms with Crippen LogP contribution in [-0.4, -0.2) is 53.7 Å². The Labute approximate surface area is 175 Å². The second-order valence-corrected chi connectivity index (χ2v) is 7.18. The molecule has 0 saturated heterocycles. The minimum Gasteiger partial charge on any atom is -0.480 e. The number of rotatable bonds is 8. The van der Waals surface area contributed by atoms with Crippen molar-refractivity contribution in [3.8, 4) is 11.1 Å². The Balaban J connectivity index is 1.65. The molecule has 1 aliphatic carbocycles. The maximum Gasteiger partial charge on any atom is 0.407 e. The number of amides is 2. The summed E-state index contributed by atoms with van der Waals surface area (Å²) in [7, 11) is 0. The molecule has 0 fully saturated rings. The zero-order chi connectivity index (χ0) is 21.7. The van der Waals surface area contributed by atoms with Gasteiger partial charge in [0, 0.05) is 12.5 Å². The van der Waals surface area contributed by atoms with Gasteiger partial charge in [-0.3, -0.25) is 9.59 Å². The van der Waals surface area contributed by atoms with E-state index in [0.717, 1.165) is 22.3 Å². The Morgan fingerprint density at radius 1 is 1.03 bits per heavy atom. The van der Waals surface area contributed by atoms with Crippen LogP contribution in [0.2, 0.25) is 0 Å². The monoisotopic (exact) mass is 410 g/mol. The summed E-state index contributed by atoms with van der Waals surface area (Å²) >= 11 is 0. The smallest absolute Gasteiger partial charge is 0.407 e. The first kappa shape index (κ1) is 21.4. The maximum absolute atomic E-state index is 12.6. The molecule has 1 atom stereocenters. The van der Waals surface area contributed by atoms with Gasteiger partial charge < -0.3 is 20.1 Å². The van der Waals surface area contributed by atoms with Crippen molar-refractivity contribution in [3.63, 3.8) is 0 Å². The Kier molecular flexibility index (Phi) is 6.72. The van der Waals surface area contributed by atoms with Crippen LogP contribution < -0.4 is 5.32 Å². The molecule has 0 radical (unpaired) electrons. The maximum atomic E-state index is 12.6. The van der Waals surface area contributed by atoms with Crippen LogP contribution in [0.4, 0.5) is 4.79 Å². The van der Waals surface area contributed by atoms with E-state index >= 15 is 0 Å². The topological polar surface area (TPSA) is 95.9 Å². The first-order valence-electron chi connectivity index (χ1n) is 10.1. The van der Waals surface area contributed by atoms with Crippen molar-refractivity contribution in [1.29, 1.82) is 0 Å². The largest absolute Gasteiger partial charge is 0.480 e. The molecule has 0 unspecified atom stereocenters. The number of ether oxygens (including phenoxy) is 1. The van der Waals surface area contributed by atoms with E-state index < -0.39 is 30.6 Å². The predicted octanol–water partition coefficient (Wildman–Crippen LogP) is 3.24. The van der Waals surface area contributed by atoms with Gasteiger partial charge >= 0.3 is 12.1 Å². The van der Waals surface area contributed by atoms with E-state index in [0.29, 0.717) is 6.42 Å². The van der Waals surface area contributed by atoms with Crippen molar-refractivity contribution in [2.75, 3.05) is 19.7 Å². The summed E-state index contributed by atoms with van der Waals surface area (Å²) in [5.41, 5.74) is 4.48. The van der Waals surface area contributed by atoms with Gasteiger partial charge in [0.05, 0.1) is 0 Å². The van der Waals surface area contributed by atoms with Crippen molar-refractivity contribution in [3.05, 3.63) is 59.7 Å². The lowest BCUT2D eigenvalue weighted by Gasteiger charge is -2.25. The van der Waals surface area contributed by atoms with Gasteiger partial charge in [-0.1, -0.05) is 55.5 Å². The number of nitrogens with one attached hydrogen (secondary N) is 1. The lowest BCUT2D eigenvalue weighted by Crippen LogP contribution is -2.49. The lowest BCUT2D eigenvalue weighted by molar-refractivity contribution is -0.145. The van der Waals surface area contributed by atoms with E-state index in [1.165, 1.54) is 4.90 Å². The third-order valence-electron chi connectivity index (χ3n) is 5.36. The minimum atomic E-state index is -1.10. The van der Waals surface area contributed by atoms with Gasteiger partial charge in [0.15, 0.2) is 0 Å². The molecular weight excluding hydrogens is 384 g/mol. The molecule has 158 valence electrons. The van der Waals surface area contributed by atoms with Crippen LogP contribution in [-0.2, 0) is 14.3 Å². The highest BCUT2D eigenvalue weighted by molar-refractivity contribution is 5.88. The van der Waals surface area contributed by atoms with E-state index in [-0.39, 0.29) is 19.1 Å². The third kappa shape index (κ3) is 4.45. The van der Waals surface area contributed by atoms with Crippen LogP contribution in [0.5, 0.6) is 0 Å². The molecule has 3 rings (SSSR count). The fourth-order valence-corrected chi connectivity index (χ4v) is 3.85. The minimum absolute atomic E-state index is 0.0712. The Hall–Kier alpha value is -3.35. The lowest BCUT2D eigenvalue weighted by atomic mass is 9.98. The Morgan fingerprint density at radius 3 is 2.10 bits per heavy atom. The quantitative estimate of drug-likeness (QED) is 0.697. The average molecular weight is 410 g/mol. The first-order valence-corrected chi connectivity index (χ1v) is 10.1. The van der Waals surface area contributed by atoms with Gasteiger partial charge in [0.2, 0.25) is 5.91 Å². The van der Waals surface area contributed by atoms with Gasteiger partial charge in [-0.2, -0.15) is 0 Å². The fourth-order valence-electron chi connectivity index (χ4n) is 3.85. The van der Waals surface area contributed by atoms with Crippen LogP contribution in [0.1, 0.15) is 37.3 Å². The molecule has 0 aromatic heterocycles. The number of carbonyl (C=O) groups is 3. The van der Waals surface area contributed by atoms with Gasteiger partial charge in [-0.15, -0.1) is 0 Å². The zero-order valence-corrected chi connectivity index (χ0v) is 17.1. The zero-order valence-electron chi connectivity index (χ0n) is 17.1. The van der Waals surface area contributed by atoms with Crippen molar-refractivity contribution >= 4 is 18.0 Å². The number of hydrogen-bond acceptors (Lipinski definition) is 4. The number of fused-ring (bicyclic) bond motifs is 3. The molecule has 0 saturated carbocycles. The van der Waals surface area contributed by atoms with Gasteiger partial charge in [0.1, 0.15) is 19.2 Å². The van der Waals surface area contributed by atoms with Gasteiger partial charge in [-0.25, -0.2) is 4.79 Å². The van der Waals surface area contributed by atoms with Gasteiger partial charge in [0.25, 0.3) is 0 Å². The first-order chi connectivity index (χ1) is 14.5. The van der Waals surface area contributed by atoms with E-state index in [4.69, 9.17) is 9.84 Å². The number of benzene rings is 2. The van der Waals surface area contributed by atoms with E-state index in [1.54, 1.807) is 13.8 Å². The van der Waals surface area contributed by atoms with Crippen molar-refractivity contribution in [2.24, 2.45) is 0 Å². The normalized spacial score (nSPS) is 13.1. The van der Waals surface area contributed by atoms with Crippen molar-refractivity contribution < 1.29 is 24.2 Å². The standard InChI is InChI=1S/C23H26N2O5/c1-3-20(22(28)25(4-2)13-21(26)27)24-23(29)30-14-19-17-11-7-5-9-15(17)16-10-6-8-12-18(16)19/h5-12,19-20H,3-4,13-14H2,1-2H3,(H,24,29)(H,26,27)/t20-/m0/s1. The molecule has 2 N–H and O–H groups in total. The summed E-state index contributed by atoms with van der Waals surface area (Å²) in [4.78, 5) is 37.1. The number of aliphatic carboxylic acids is 1. The highest BCUT2D eigenvalue weighted by Crippen LogP contribution is 2.44. The summed E-state index contributed by atoms with van der Waals surface area (Å²) < 4.78 is 5.48. The van der Waals surface area contributed by atoms with E-state index in [1.807, 2.05) is 36.4 Å². The van der Waals surface area contributed by atoms with Crippen LogP contribution in [0.25, 0.3) is 11.1 Å². The highest BCUT2D eigenvalue weighted by Gasteiger charge is 2.30. The summed E-state index contributed by atoms with van der Waals surface area (Å²) in [5.74, 6) is -1.60. The van der Waals surface area contributed by atoms with E-state index in [9.17, 15) is 14.4 Å². The SMILES string of the molecule is CC[C@H](NC(=O)OCC1c2ccccc2-c2ccccc21)C(=O)N(CC)CC(=O)O. The number of nitrogens with zero attached hydrogens (tertiary/aromatic N) is 1. The predicted molar refractivity (Wildman–Crippen MR) is 112 cm³/mol. The molecule has 7 heteroatoms. The third-order valence-corrected chi connectivity index (χ3v) is 5.36. The number of likely N-dealkylation sites (N-methyl/N-ethyl adjacent to an activating group) is 1.